The van der Waals surface area contributed by atoms with Gasteiger partial charge in [0.15, 0.2) is 0 Å². The SMILES string of the molecule is O=C(Nc1cnccc1Cl)N1CC2CN(Cc3cccc(Oc4ccc(Cl)cc4)c3)CC2C1. The summed E-state index contributed by atoms with van der Waals surface area (Å²) in [7, 11) is 0. The highest BCUT2D eigenvalue weighted by Gasteiger charge is 2.41. The molecule has 1 aromatic heterocycles. The molecule has 0 aliphatic carbocycles. The van der Waals surface area contributed by atoms with Crippen LogP contribution >= 0.6 is 23.2 Å². The van der Waals surface area contributed by atoms with Crippen molar-refractivity contribution in [1.29, 1.82) is 0 Å². The molecule has 0 radical (unpaired) electrons. The number of hydrogen-bond acceptors (Lipinski definition) is 4. The van der Waals surface area contributed by atoms with Crippen LogP contribution in [0.3, 0.4) is 0 Å². The first-order valence-electron chi connectivity index (χ1n) is 10.9. The fraction of sp³-hybridized carbons (Fsp3) is 0.280. The highest BCUT2D eigenvalue weighted by molar-refractivity contribution is 6.33. The van der Waals surface area contributed by atoms with E-state index in [0.29, 0.717) is 27.6 Å². The minimum Gasteiger partial charge on any atom is -0.457 e. The number of fused-ring (bicyclic) bond motifs is 1. The summed E-state index contributed by atoms with van der Waals surface area (Å²) >= 11 is 12.1. The summed E-state index contributed by atoms with van der Waals surface area (Å²) in [6, 6.07) is 17.1. The molecule has 0 saturated carbocycles. The second-order valence-electron chi connectivity index (χ2n) is 8.61. The number of benzene rings is 2. The molecule has 2 amide bonds. The summed E-state index contributed by atoms with van der Waals surface area (Å²) in [6.45, 7) is 4.33. The number of nitrogens with one attached hydrogen (secondary N) is 1. The van der Waals surface area contributed by atoms with Gasteiger partial charge in [0.2, 0.25) is 0 Å². The van der Waals surface area contributed by atoms with Gasteiger partial charge >= 0.3 is 6.03 Å². The van der Waals surface area contributed by atoms with Crippen LogP contribution < -0.4 is 10.1 Å². The molecule has 2 atom stereocenters. The predicted octanol–water partition coefficient (Wildman–Crippen LogP) is 5.78. The molecule has 2 aromatic carbocycles. The second kappa shape index (κ2) is 9.59. The van der Waals surface area contributed by atoms with Gasteiger partial charge in [0, 0.05) is 43.9 Å². The Morgan fingerprint density at radius 3 is 2.48 bits per heavy atom. The second-order valence-corrected chi connectivity index (χ2v) is 9.45. The van der Waals surface area contributed by atoms with Crippen LogP contribution in [0.15, 0.2) is 67.0 Å². The van der Waals surface area contributed by atoms with Crippen molar-refractivity contribution in [1.82, 2.24) is 14.8 Å². The number of aromatic nitrogens is 1. The Balaban J connectivity index is 1.14. The molecule has 0 bridgehead atoms. The number of carbonyl (C=O) groups is 1. The number of halogens is 2. The van der Waals surface area contributed by atoms with Crippen LogP contribution in [0.25, 0.3) is 0 Å². The van der Waals surface area contributed by atoms with E-state index in [1.54, 1.807) is 18.5 Å². The maximum Gasteiger partial charge on any atom is 0.321 e. The van der Waals surface area contributed by atoms with E-state index in [-0.39, 0.29) is 6.03 Å². The first-order valence-corrected chi connectivity index (χ1v) is 11.7. The number of ether oxygens (including phenoxy) is 1. The van der Waals surface area contributed by atoms with E-state index in [1.807, 2.05) is 41.3 Å². The Kier molecular flexibility index (Phi) is 6.40. The number of hydrogen-bond donors (Lipinski definition) is 1. The summed E-state index contributed by atoms with van der Waals surface area (Å²) in [6.07, 6.45) is 3.18. The molecule has 1 N–H and O–H groups in total. The number of likely N-dealkylation sites (tertiary alicyclic amines) is 2. The normalized spacial score (nSPS) is 20.0. The van der Waals surface area contributed by atoms with E-state index in [1.165, 1.54) is 5.56 Å². The van der Waals surface area contributed by atoms with Crippen LogP contribution in [0.2, 0.25) is 10.0 Å². The molecular weight excluding hydrogens is 459 g/mol. The van der Waals surface area contributed by atoms with Crippen LogP contribution in [0.4, 0.5) is 10.5 Å². The van der Waals surface area contributed by atoms with Crippen molar-refractivity contribution in [3.05, 3.63) is 82.6 Å². The summed E-state index contributed by atoms with van der Waals surface area (Å²) in [4.78, 5) is 21.0. The largest absolute Gasteiger partial charge is 0.457 e. The van der Waals surface area contributed by atoms with Crippen molar-refractivity contribution in [2.24, 2.45) is 11.8 Å². The lowest BCUT2D eigenvalue weighted by molar-refractivity contribution is 0.212. The standard InChI is InChI=1S/C25H24Cl2N4O2/c26-20-4-6-21(7-5-20)33-22-3-1-2-17(10-22)12-30-13-18-15-31(16-19(18)14-30)25(32)29-24-11-28-9-8-23(24)27/h1-11,18-19H,12-16H2,(H,29,32). The van der Waals surface area contributed by atoms with Crippen molar-refractivity contribution in [3.8, 4) is 11.5 Å². The number of amides is 2. The van der Waals surface area contributed by atoms with Crippen molar-refractivity contribution < 1.29 is 9.53 Å². The molecule has 6 nitrogen and oxygen atoms in total. The highest BCUT2D eigenvalue weighted by Crippen LogP contribution is 2.33. The number of pyridine rings is 1. The highest BCUT2D eigenvalue weighted by atomic mass is 35.5. The number of anilines is 1. The smallest absolute Gasteiger partial charge is 0.321 e. The van der Waals surface area contributed by atoms with Gasteiger partial charge in [-0.1, -0.05) is 35.3 Å². The molecule has 2 fully saturated rings. The Bertz CT molecular complexity index is 1130. The average Bonchev–Trinajstić information content (AvgIpc) is 3.36. The topological polar surface area (TPSA) is 57.7 Å². The third-order valence-electron chi connectivity index (χ3n) is 6.21. The van der Waals surface area contributed by atoms with Gasteiger partial charge < -0.3 is 15.0 Å². The molecule has 8 heteroatoms. The zero-order chi connectivity index (χ0) is 22.8. The van der Waals surface area contributed by atoms with E-state index < -0.39 is 0 Å². The fourth-order valence-electron chi connectivity index (χ4n) is 4.65. The average molecular weight is 483 g/mol. The molecule has 3 heterocycles. The molecule has 3 aromatic rings. The zero-order valence-electron chi connectivity index (χ0n) is 18.0. The quantitative estimate of drug-likeness (QED) is 0.500. The molecular formula is C25H24Cl2N4O2. The summed E-state index contributed by atoms with van der Waals surface area (Å²) in [5.74, 6) is 2.53. The van der Waals surface area contributed by atoms with Gasteiger partial charge in [-0.25, -0.2) is 4.79 Å². The van der Waals surface area contributed by atoms with E-state index >= 15 is 0 Å². The predicted molar refractivity (Wildman–Crippen MR) is 130 cm³/mol. The number of rotatable bonds is 5. The molecule has 0 spiro atoms. The molecule has 2 saturated heterocycles. The third kappa shape index (κ3) is 5.24. The Labute approximate surface area is 203 Å². The Morgan fingerprint density at radius 2 is 1.76 bits per heavy atom. The van der Waals surface area contributed by atoms with Crippen molar-refractivity contribution >= 4 is 34.9 Å². The van der Waals surface area contributed by atoms with E-state index in [9.17, 15) is 4.79 Å². The minimum atomic E-state index is -0.113. The number of nitrogens with zero attached hydrogens (tertiary/aromatic N) is 3. The molecule has 33 heavy (non-hydrogen) atoms. The van der Waals surface area contributed by atoms with Gasteiger partial charge in [-0.2, -0.15) is 0 Å². The lowest BCUT2D eigenvalue weighted by atomic mass is 10.0. The molecule has 2 aliphatic rings. The monoisotopic (exact) mass is 482 g/mol. The van der Waals surface area contributed by atoms with Gasteiger partial charge in [-0.05, 0) is 59.9 Å². The molecule has 170 valence electrons. The summed E-state index contributed by atoms with van der Waals surface area (Å²) in [5.41, 5.74) is 1.76. The van der Waals surface area contributed by atoms with Gasteiger partial charge in [-0.3, -0.25) is 9.88 Å². The van der Waals surface area contributed by atoms with Crippen LogP contribution in [-0.4, -0.2) is 47.0 Å². The van der Waals surface area contributed by atoms with Crippen LogP contribution in [-0.2, 0) is 6.54 Å². The molecule has 5 rings (SSSR count). The van der Waals surface area contributed by atoms with Gasteiger partial charge in [0.05, 0.1) is 16.9 Å². The first kappa shape index (κ1) is 22.0. The summed E-state index contributed by atoms with van der Waals surface area (Å²) < 4.78 is 5.97. The molecule has 2 unspecified atom stereocenters. The van der Waals surface area contributed by atoms with Crippen LogP contribution in [0.1, 0.15) is 5.56 Å². The lowest BCUT2D eigenvalue weighted by Crippen LogP contribution is -2.36. The maximum atomic E-state index is 12.7. The van der Waals surface area contributed by atoms with Gasteiger partial charge in [-0.15, -0.1) is 0 Å². The van der Waals surface area contributed by atoms with E-state index in [2.05, 4.69) is 27.3 Å². The lowest BCUT2D eigenvalue weighted by Gasteiger charge is -2.22. The number of urea groups is 1. The zero-order valence-corrected chi connectivity index (χ0v) is 19.5. The minimum absolute atomic E-state index is 0.113. The van der Waals surface area contributed by atoms with Crippen molar-refractivity contribution in [2.45, 2.75) is 6.54 Å². The van der Waals surface area contributed by atoms with Gasteiger partial charge in [0.25, 0.3) is 0 Å². The third-order valence-corrected chi connectivity index (χ3v) is 6.79. The van der Waals surface area contributed by atoms with Crippen molar-refractivity contribution in [3.63, 3.8) is 0 Å². The Hall–Kier alpha value is -2.80. The maximum absolute atomic E-state index is 12.7. The van der Waals surface area contributed by atoms with E-state index in [0.717, 1.165) is 44.2 Å². The Morgan fingerprint density at radius 1 is 1.00 bits per heavy atom. The van der Waals surface area contributed by atoms with E-state index in [4.69, 9.17) is 27.9 Å². The summed E-state index contributed by atoms with van der Waals surface area (Å²) in [5, 5.41) is 4.06. The number of carbonyl (C=O) groups excluding carboxylic acids is 1. The van der Waals surface area contributed by atoms with Crippen molar-refractivity contribution in [2.75, 3.05) is 31.5 Å². The fourth-order valence-corrected chi connectivity index (χ4v) is 4.93. The molecule has 2 aliphatic heterocycles. The van der Waals surface area contributed by atoms with Crippen LogP contribution in [0.5, 0.6) is 11.5 Å². The van der Waals surface area contributed by atoms with Crippen LogP contribution in [0, 0.1) is 11.8 Å². The first-order chi connectivity index (χ1) is 16.0. The van der Waals surface area contributed by atoms with Gasteiger partial charge in [0.1, 0.15) is 11.5 Å².